The fraction of sp³-hybridized carbons (Fsp3) is 0.636. The van der Waals surface area contributed by atoms with Gasteiger partial charge in [-0.2, -0.15) is 0 Å². The van der Waals surface area contributed by atoms with Crippen LogP contribution in [0.1, 0.15) is 32.7 Å². The third kappa shape index (κ3) is 4.06. The first-order valence-corrected chi connectivity index (χ1v) is 6.66. The van der Waals surface area contributed by atoms with Gasteiger partial charge in [0.15, 0.2) is 0 Å². The first kappa shape index (κ1) is 14.6. The largest absolute Gasteiger partial charge is 0.344 e. The molecular formula is C11H18N4O2S. The summed E-state index contributed by atoms with van der Waals surface area (Å²) in [4.78, 5) is 23.0. The van der Waals surface area contributed by atoms with E-state index in [0.29, 0.717) is 5.13 Å². The van der Waals surface area contributed by atoms with Crippen molar-refractivity contribution in [2.24, 2.45) is 5.92 Å². The second kappa shape index (κ2) is 6.44. The van der Waals surface area contributed by atoms with Gasteiger partial charge in [-0.15, -0.1) is 10.2 Å². The van der Waals surface area contributed by atoms with Crippen LogP contribution < -0.4 is 10.6 Å². The molecule has 2 N–H and O–H groups in total. The molecule has 0 unspecified atom stereocenters. The minimum Gasteiger partial charge on any atom is -0.344 e. The van der Waals surface area contributed by atoms with E-state index in [4.69, 9.17) is 0 Å². The number of amides is 2. The van der Waals surface area contributed by atoms with Crippen molar-refractivity contribution in [3.05, 3.63) is 5.01 Å². The van der Waals surface area contributed by atoms with E-state index in [2.05, 4.69) is 20.8 Å². The third-order valence-electron chi connectivity index (χ3n) is 2.31. The number of carbonyl (C=O) groups excluding carboxylic acids is 2. The summed E-state index contributed by atoms with van der Waals surface area (Å²) in [6.07, 6.45) is 0.785. The molecule has 0 aliphatic rings. The molecule has 100 valence electrons. The van der Waals surface area contributed by atoms with Gasteiger partial charge in [-0.1, -0.05) is 32.1 Å². The molecule has 18 heavy (non-hydrogen) atoms. The maximum Gasteiger partial charge on any atom is 0.249 e. The van der Waals surface area contributed by atoms with Gasteiger partial charge < -0.3 is 5.32 Å². The van der Waals surface area contributed by atoms with Crippen LogP contribution in [-0.4, -0.2) is 28.1 Å². The van der Waals surface area contributed by atoms with Crippen molar-refractivity contribution < 1.29 is 9.59 Å². The molecular weight excluding hydrogens is 252 g/mol. The molecule has 0 aliphatic carbocycles. The Hall–Kier alpha value is -1.50. The van der Waals surface area contributed by atoms with E-state index in [-0.39, 0.29) is 17.7 Å². The van der Waals surface area contributed by atoms with E-state index in [1.54, 1.807) is 0 Å². The Morgan fingerprint density at radius 3 is 2.44 bits per heavy atom. The average molecular weight is 270 g/mol. The zero-order chi connectivity index (χ0) is 13.7. The first-order valence-electron chi connectivity index (χ1n) is 5.84. The first-order chi connectivity index (χ1) is 8.43. The SMILES string of the molecule is CCc1nnc(NC(=O)[C@H](NC(C)=O)C(C)C)s1. The van der Waals surface area contributed by atoms with Gasteiger partial charge in [-0.05, 0) is 12.3 Å². The van der Waals surface area contributed by atoms with Crippen LogP contribution in [0.4, 0.5) is 5.13 Å². The van der Waals surface area contributed by atoms with Crippen molar-refractivity contribution >= 4 is 28.3 Å². The molecule has 7 heteroatoms. The number of hydrogen-bond acceptors (Lipinski definition) is 5. The summed E-state index contributed by atoms with van der Waals surface area (Å²) in [5, 5.41) is 14.4. The van der Waals surface area contributed by atoms with Gasteiger partial charge in [-0.3, -0.25) is 14.9 Å². The summed E-state index contributed by atoms with van der Waals surface area (Å²) in [7, 11) is 0. The lowest BCUT2D eigenvalue weighted by Crippen LogP contribution is -2.46. The normalized spacial score (nSPS) is 12.3. The van der Waals surface area contributed by atoms with Crippen molar-refractivity contribution in [1.29, 1.82) is 0 Å². The predicted molar refractivity (Wildman–Crippen MR) is 70.4 cm³/mol. The van der Waals surface area contributed by atoms with E-state index in [0.717, 1.165) is 11.4 Å². The molecule has 1 aromatic rings. The second-order valence-electron chi connectivity index (χ2n) is 4.27. The summed E-state index contributed by atoms with van der Waals surface area (Å²) in [5.74, 6) is -0.484. The topological polar surface area (TPSA) is 84.0 Å². The number of nitrogens with zero attached hydrogens (tertiary/aromatic N) is 2. The lowest BCUT2D eigenvalue weighted by Gasteiger charge is -2.19. The van der Waals surface area contributed by atoms with Crippen molar-refractivity contribution in [2.75, 3.05) is 5.32 Å². The highest BCUT2D eigenvalue weighted by atomic mass is 32.1. The Morgan fingerprint density at radius 2 is 2.00 bits per heavy atom. The highest BCUT2D eigenvalue weighted by Crippen LogP contribution is 2.16. The van der Waals surface area contributed by atoms with Crippen LogP contribution in [0.2, 0.25) is 0 Å². The van der Waals surface area contributed by atoms with Gasteiger partial charge in [0.25, 0.3) is 0 Å². The fourth-order valence-corrected chi connectivity index (χ4v) is 2.07. The molecule has 1 heterocycles. The van der Waals surface area contributed by atoms with Crippen LogP contribution in [0, 0.1) is 5.92 Å². The number of nitrogens with one attached hydrogen (secondary N) is 2. The van der Waals surface area contributed by atoms with Crippen molar-refractivity contribution in [3.8, 4) is 0 Å². The molecule has 0 spiro atoms. The van der Waals surface area contributed by atoms with Crippen molar-refractivity contribution in [3.63, 3.8) is 0 Å². The van der Waals surface area contributed by atoms with Gasteiger partial charge in [0.05, 0.1) is 0 Å². The van der Waals surface area contributed by atoms with Crippen molar-refractivity contribution in [2.45, 2.75) is 40.2 Å². The molecule has 0 radical (unpaired) electrons. The number of aryl methyl sites for hydroxylation is 1. The lowest BCUT2D eigenvalue weighted by molar-refractivity contribution is -0.126. The predicted octanol–water partition coefficient (Wildman–Crippen LogP) is 1.20. The van der Waals surface area contributed by atoms with E-state index >= 15 is 0 Å². The average Bonchev–Trinajstić information content (AvgIpc) is 2.72. The highest BCUT2D eigenvalue weighted by Gasteiger charge is 2.23. The molecule has 0 aliphatic heterocycles. The van der Waals surface area contributed by atoms with Gasteiger partial charge in [0.2, 0.25) is 16.9 Å². The number of hydrogen-bond donors (Lipinski definition) is 2. The monoisotopic (exact) mass is 270 g/mol. The number of anilines is 1. The summed E-state index contributed by atoms with van der Waals surface area (Å²) < 4.78 is 0. The van der Waals surface area contributed by atoms with Crippen LogP contribution in [0.5, 0.6) is 0 Å². The van der Waals surface area contributed by atoms with E-state index in [9.17, 15) is 9.59 Å². The zero-order valence-electron chi connectivity index (χ0n) is 11.0. The van der Waals surface area contributed by atoms with E-state index in [1.807, 2.05) is 20.8 Å². The van der Waals surface area contributed by atoms with Crippen LogP contribution in [0.15, 0.2) is 0 Å². The van der Waals surface area contributed by atoms with E-state index < -0.39 is 6.04 Å². The molecule has 0 bridgehead atoms. The standard InChI is InChI=1S/C11H18N4O2S/c1-5-8-14-15-11(18-8)13-10(17)9(6(2)3)12-7(4)16/h6,9H,5H2,1-4H3,(H,12,16)(H,13,15,17)/t9-/m1/s1. The molecule has 0 aromatic carbocycles. The van der Waals surface area contributed by atoms with Crippen LogP contribution in [0.3, 0.4) is 0 Å². The molecule has 0 saturated carbocycles. The smallest absolute Gasteiger partial charge is 0.249 e. The summed E-state index contributed by atoms with van der Waals surface area (Å²) >= 11 is 1.34. The van der Waals surface area contributed by atoms with Crippen LogP contribution in [-0.2, 0) is 16.0 Å². The van der Waals surface area contributed by atoms with Crippen molar-refractivity contribution in [1.82, 2.24) is 15.5 Å². The second-order valence-corrected chi connectivity index (χ2v) is 5.33. The molecule has 2 amide bonds. The molecule has 6 nitrogen and oxygen atoms in total. The lowest BCUT2D eigenvalue weighted by atomic mass is 10.0. The van der Waals surface area contributed by atoms with Crippen LogP contribution >= 0.6 is 11.3 Å². The Labute approximate surface area is 110 Å². The number of carbonyl (C=O) groups is 2. The van der Waals surface area contributed by atoms with Gasteiger partial charge in [0.1, 0.15) is 11.0 Å². The van der Waals surface area contributed by atoms with Gasteiger partial charge >= 0.3 is 0 Å². The van der Waals surface area contributed by atoms with Gasteiger partial charge in [0, 0.05) is 6.92 Å². The molecule has 1 aromatic heterocycles. The minimum absolute atomic E-state index is 0.00691. The summed E-state index contributed by atoms with van der Waals surface area (Å²) in [5.41, 5.74) is 0. The summed E-state index contributed by atoms with van der Waals surface area (Å²) in [6, 6.07) is -0.559. The van der Waals surface area contributed by atoms with E-state index in [1.165, 1.54) is 18.3 Å². The molecule has 0 fully saturated rings. The number of aromatic nitrogens is 2. The third-order valence-corrected chi connectivity index (χ3v) is 3.29. The maximum absolute atomic E-state index is 12.0. The Bertz CT molecular complexity index is 430. The zero-order valence-corrected chi connectivity index (χ0v) is 11.8. The fourth-order valence-electron chi connectivity index (χ4n) is 1.38. The Morgan fingerprint density at radius 1 is 1.33 bits per heavy atom. The minimum atomic E-state index is -0.559. The quantitative estimate of drug-likeness (QED) is 0.842. The van der Waals surface area contributed by atoms with Crippen LogP contribution in [0.25, 0.3) is 0 Å². The summed E-state index contributed by atoms with van der Waals surface area (Å²) in [6.45, 7) is 7.11. The van der Waals surface area contributed by atoms with Gasteiger partial charge in [-0.25, -0.2) is 0 Å². The Kier molecular flexibility index (Phi) is 5.21. The molecule has 1 rings (SSSR count). The number of rotatable bonds is 5. The molecule has 0 saturated heterocycles. The highest BCUT2D eigenvalue weighted by molar-refractivity contribution is 7.15. The Balaban J connectivity index is 2.69. The maximum atomic E-state index is 12.0. The molecule has 1 atom stereocenters.